The smallest absolute Gasteiger partial charge is 0.309 e. The summed E-state index contributed by atoms with van der Waals surface area (Å²) in [5, 5.41) is 0. The van der Waals surface area contributed by atoms with Crippen LogP contribution < -0.4 is 0 Å². The lowest BCUT2D eigenvalue weighted by atomic mass is 9.79. The van der Waals surface area contributed by atoms with Crippen molar-refractivity contribution in [2.45, 2.75) is 118 Å². The zero-order valence-corrected chi connectivity index (χ0v) is 22.5. The van der Waals surface area contributed by atoms with Gasteiger partial charge in [0.1, 0.15) is 25.4 Å². The fourth-order valence-electron chi connectivity index (χ4n) is 3.88. The van der Waals surface area contributed by atoms with Gasteiger partial charge in [-0.25, -0.2) is 0 Å². The molecule has 0 spiro atoms. The first-order valence-electron chi connectivity index (χ1n) is 12.9. The molecule has 0 saturated heterocycles. The number of rotatable bonds is 16. The molecule has 1 rings (SSSR count). The van der Waals surface area contributed by atoms with Gasteiger partial charge in [0.25, 0.3) is 0 Å². The van der Waals surface area contributed by atoms with Gasteiger partial charge in [0.15, 0.2) is 0 Å². The van der Waals surface area contributed by atoms with E-state index in [2.05, 4.69) is 0 Å². The Morgan fingerprint density at radius 3 is 1.24 bits per heavy atom. The molecule has 0 radical (unpaired) electrons. The first-order chi connectivity index (χ1) is 16.0. The number of esters is 2. The summed E-state index contributed by atoms with van der Waals surface area (Å²) >= 11 is 0. The third-order valence-electron chi connectivity index (χ3n) is 5.35. The quantitative estimate of drug-likeness (QED) is 0.297. The van der Waals surface area contributed by atoms with Crippen molar-refractivity contribution in [3.63, 3.8) is 0 Å². The normalized spacial score (nSPS) is 20.7. The molecule has 8 heteroatoms. The number of carbonyl (C=O) groups excluding carboxylic acids is 2. The summed E-state index contributed by atoms with van der Waals surface area (Å²) in [7, 11) is 0. The summed E-state index contributed by atoms with van der Waals surface area (Å²) in [5.41, 5.74) is 0. The Bertz CT molecular complexity index is 525. The van der Waals surface area contributed by atoms with Crippen LogP contribution in [-0.4, -0.2) is 75.0 Å². The molecule has 0 amide bonds. The van der Waals surface area contributed by atoms with E-state index in [1.165, 1.54) is 0 Å². The molecule has 0 aromatic heterocycles. The summed E-state index contributed by atoms with van der Waals surface area (Å²) in [6.07, 6.45) is 2.36. The number of ether oxygens (including phenoxy) is 6. The van der Waals surface area contributed by atoms with Crippen molar-refractivity contribution in [3.8, 4) is 0 Å². The first kappa shape index (κ1) is 30.8. The van der Waals surface area contributed by atoms with E-state index in [1.54, 1.807) is 0 Å². The molecule has 0 aromatic rings. The molecular formula is C26H48O8. The van der Waals surface area contributed by atoms with Crippen LogP contribution in [0.1, 0.15) is 81.1 Å². The monoisotopic (exact) mass is 488 g/mol. The third-order valence-corrected chi connectivity index (χ3v) is 5.35. The Kier molecular flexibility index (Phi) is 14.9. The Morgan fingerprint density at radius 1 is 0.588 bits per heavy atom. The van der Waals surface area contributed by atoms with Crippen molar-refractivity contribution in [1.29, 1.82) is 0 Å². The van der Waals surface area contributed by atoms with Gasteiger partial charge in [-0.15, -0.1) is 0 Å². The van der Waals surface area contributed by atoms with Crippen LogP contribution in [0.15, 0.2) is 0 Å². The molecule has 4 atom stereocenters. The van der Waals surface area contributed by atoms with E-state index in [9.17, 15) is 9.59 Å². The third kappa shape index (κ3) is 13.0. The van der Waals surface area contributed by atoms with Crippen molar-refractivity contribution in [3.05, 3.63) is 0 Å². The molecule has 0 heterocycles. The minimum absolute atomic E-state index is 0.0162. The summed E-state index contributed by atoms with van der Waals surface area (Å²) in [5.74, 6) is -1.77. The van der Waals surface area contributed by atoms with Crippen LogP contribution >= 0.6 is 0 Å². The maximum atomic E-state index is 12.9. The van der Waals surface area contributed by atoms with Gasteiger partial charge < -0.3 is 28.4 Å². The summed E-state index contributed by atoms with van der Waals surface area (Å²) in [4.78, 5) is 25.9. The van der Waals surface area contributed by atoms with E-state index in [1.807, 2.05) is 55.4 Å². The molecule has 4 unspecified atom stereocenters. The van der Waals surface area contributed by atoms with Gasteiger partial charge in [-0.1, -0.05) is 12.8 Å². The zero-order chi connectivity index (χ0) is 25.7. The molecule has 1 fully saturated rings. The highest BCUT2D eigenvalue weighted by atomic mass is 16.6. The van der Waals surface area contributed by atoms with Gasteiger partial charge in [0.05, 0.1) is 49.5 Å². The standard InChI is InChI=1S/C26H48O8/c1-17(2)29-13-21(33-19(5)6)15-31-25(27)23-11-9-10-12-24(23)26(28)32-16-22(34-20(7)8)14-30-18(3)4/h17-24H,9-16H2,1-8H3. The first-order valence-corrected chi connectivity index (χ1v) is 12.9. The van der Waals surface area contributed by atoms with E-state index in [0.717, 1.165) is 12.8 Å². The van der Waals surface area contributed by atoms with Crippen LogP contribution in [0.3, 0.4) is 0 Å². The molecule has 0 aromatic carbocycles. The minimum atomic E-state index is -0.511. The predicted molar refractivity (Wildman–Crippen MR) is 130 cm³/mol. The van der Waals surface area contributed by atoms with Gasteiger partial charge in [0, 0.05) is 0 Å². The zero-order valence-electron chi connectivity index (χ0n) is 22.5. The van der Waals surface area contributed by atoms with E-state index >= 15 is 0 Å². The molecule has 34 heavy (non-hydrogen) atoms. The molecule has 0 N–H and O–H groups in total. The van der Waals surface area contributed by atoms with Gasteiger partial charge in [-0.3, -0.25) is 9.59 Å². The SMILES string of the molecule is CC(C)OCC(COC(=O)C1CCCCC1C(=O)OCC(COC(C)C)OC(C)C)OC(C)C. The van der Waals surface area contributed by atoms with E-state index < -0.39 is 11.8 Å². The summed E-state index contributed by atoms with van der Waals surface area (Å²) in [6, 6.07) is 0. The maximum absolute atomic E-state index is 12.9. The van der Waals surface area contributed by atoms with E-state index in [0.29, 0.717) is 26.1 Å². The van der Waals surface area contributed by atoms with Crippen LogP contribution in [-0.2, 0) is 38.0 Å². The number of carbonyl (C=O) groups is 2. The highest BCUT2D eigenvalue weighted by Gasteiger charge is 2.38. The van der Waals surface area contributed by atoms with Crippen molar-refractivity contribution in [1.82, 2.24) is 0 Å². The molecular weight excluding hydrogens is 440 g/mol. The second-order valence-corrected chi connectivity index (χ2v) is 10.1. The lowest BCUT2D eigenvalue weighted by Gasteiger charge is -2.30. The van der Waals surface area contributed by atoms with Crippen molar-refractivity contribution < 1.29 is 38.0 Å². The Labute approximate surface area is 206 Å². The predicted octanol–water partition coefficient (Wildman–Crippen LogP) is 4.32. The van der Waals surface area contributed by atoms with Crippen molar-refractivity contribution >= 4 is 11.9 Å². The summed E-state index contributed by atoms with van der Waals surface area (Å²) in [6.45, 7) is 16.4. The van der Waals surface area contributed by atoms with Crippen LogP contribution in [0.4, 0.5) is 0 Å². The molecule has 200 valence electrons. The molecule has 0 aliphatic heterocycles. The van der Waals surface area contributed by atoms with Crippen molar-refractivity contribution in [2.75, 3.05) is 26.4 Å². The van der Waals surface area contributed by atoms with Crippen LogP contribution in [0.25, 0.3) is 0 Å². The Balaban J connectivity index is 2.67. The average molecular weight is 489 g/mol. The van der Waals surface area contributed by atoms with Gasteiger partial charge in [-0.2, -0.15) is 0 Å². The van der Waals surface area contributed by atoms with Crippen LogP contribution in [0, 0.1) is 11.8 Å². The highest BCUT2D eigenvalue weighted by Crippen LogP contribution is 2.32. The molecule has 8 nitrogen and oxygen atoms in total. The maximum Gasteiger partial charge on any atom is 0.309 e. The number of hydrogen-bond donors (Lipinski definition) is 0. The topological polar surface area (TPSA) is 89.5 Å². The average Bonchev–Trinajstić information content (AvgIpc) is 2.76. The van der Waals surface area contributed by atoms with Crippen LogP contribution in [0.5, 0.6) is 0 Å². The second-order valence-electron chi connectivity index (χ2n) is 10.1. The molecule has 1 aliphatic rings. The lowest BCUT2D eigenvalue weighted by molar-refractivity contribution is -0.170. The van der Waals surface area contributed by atoms with Gasteiger partial charge >= 0.3 is 11.9 Å². The van der Waals surface area contributed by atoms with Gasteiger partial charge in [0.2, 0.25) is 0 Å². The van der Waals surface area contributed by atoms with E-state index in [4.69, 9.17) is 28.4 Å². The minimum Gasteiger partial charge on any atom is -0.463 e. The Hall–Kier alpha value is -1.22. The van der Waals surface area contributed by atoms with Gasteiger partial charge in [-0.05, 0) is 68.2 Å². The fourth-order valence-corrected chi connectivity index (χ4v) is 3.88. The highest BCUT2D eigenvalue weighted by molar-refractivity contribution is 5.82. The second kappa shape index (κ2) is 16.5. The fraction of sp³-hybridized carbons (Fsp3) is 0.923. The summed E-state index contributed by atoms with van der Waals surface area (Å²) < 4.78 is 34.2. The number of hydrogen-bond acceptors (Lipinski definition) is 8. The van der Waals surface area contributed by atoms with Crippen molar-refractivity contribution in [2.24, 2.45) is 11.8 Å². The van der Waals surface area contributed by atoms with E-state index in [-0.39, 0.29) is 61.8 Å². The van der Waals surface area contributed by atoms with Crippen LogP contribution in [0.2, 0.25) is 0 Å². The lowest BCUT2D eigenvalue weighted by Crippen LogP contribution is -2.39. The molecule has 0 bridgehead atoms. The molecule has 1 aliphatic carbocycles. The molecule has 1 saturated carbocycles. The largest absolute Gasteiger partial charge is 0.463 e. The Morgan fingerprint density at radius 2 is 0.941 bits per heavy atom.